The normalized spacial score (nSPS) is 35.8. The van der Waals surface area contributed by atoms with E-state index in [1.165, 1.54) is 6.92 Å². The highest BCUT2D eigenvalue weighted by Crippen LogP contribution is 2.39. The summed E-state index contributed by atoms with van der Waals surface area (Å²) in [7, 11) is 1.10. The molecule has 32 heavy (non-hydrogen) atoms. The van der Waals surface area contributed by atoms with Crippen molar-refractivity contribution in [3.8, 4) is 0 Å². The molecule has 1 saturated heterocycles. The van der Waals surface area contributed by atoms with Crippen molar-refractivity contribution in [3.05, 3.63) is 11.8 Å². The van der Waals surface area contributed by atoms with E-state index >= 15 is 0 Å². The molecule has 0 saturated carbocycles. The number of carboxylic acid groups (broad SMARTS) is 1. The molecule has 0 aromatic heterocycles. The predicted molar refractivity (Wildman–Crippen MR) is 100 cm³/mol. The van der Waals surface area contributed by atoms with E-state index < -0.39 is 85.9 Å². The lowest BCUT2D eigenvalue weighted by molar-refractivity contribution is -0.345. The van der Waals surface area contributed by atoms with Crippen molar-refractivity contribution in [1.29, 1.82) is 0 Å². The Labute approximate surface area is 183 Å². The topological polar surface area (TPSA) is 199 Å². The lowest BCUT2D eigenvalue weighted by Gasteiger charge is -2.44. The van der Waals surface area contributed by atoms with Crippen LogP contribution in [0.2, 0.25) is 0 Å². The minimum atomic E-state index is -1.76. The Balaban J connectivity index is 2.39. The van der Waals surface area contributed by atoms with Crippen molar-refractivity contribution in [1.82, 2.24) is 0 Å². The second kappa shape index (κ2) is 11.0. The highest BCUT2D eigenvalue weighted by molar-refractivity contribution is 5.89. The molecule has 0 amide bonds. The predicted octanol–water partition coefficient (Wildman–Crippen LogP) is -2.13. The molecular formula is C19H28O13. The number of aliphatic hydroxyl groups is 4. The summed E-state index contributed by atoms with van der Waals surface area (Å²) < 4.78 is 26.3. The number of aliphatic carboxylic acids is 1. The van der Waals surface area contributed by atoms with Crippen molar-refractivity contribution < 1.29 is 63.6 Å². The van der Waals surface area contributed by atoms with Gasteiger partial charge in [0.25, 0.3) is 0 Å². The Bertz CT molecular complexity index is 720. The molecule has 9 atom stereocenters. The summed E-state index contributed by atoms with van der Waals surface area (Å²) in [4.78, 5) is 35.2. The third-order valence-corrected chi connectivity index (χ3v) is 5.33. The van der Waals surface area contributed by atoms with Gasteiger partial charge in [-0.1, -0.05) is 0 Å². The van der Waals surface area contributed by atoms with Gasteiger partial charge in [0.05, 0.1) is 37.9 Å². The molecule has 2 aliphatic rings. The average molecular weight is 464 g/mol. The summed E-state index contributed by atoms with van der Waals surface area (Å²) >= 11 is 0. The Hall–Kier alpha value is -2.29. The van der Waals surface area contributed by atoms with Crippen molar-refractivity contribution >= 4 is 17.9 Å². The van der Waals surface area contributed by atoms with Crippen LogP contribution in [0.4, 0.5) is 0 Å². The summed E-state index contributed by atoms with van der Waals surface area (Å²) in [6.07, 6.45) is -10.0. The second-order valence-corrected chi connectivity index (χ2v) is 7.50. The number of aliphatic hydroxyl groups excluding tert-OH is 4. The highest BCUT2D eigenvalue weighted by atomic mass is 16.8. The Kier molecular flexibility index (Phi) is 8.95. The summed E-state index contributed by atoms with van der Waals surface area (Å²) in [6, 6.07) is 0. The maximum atomic E-state index is 12.2. The first-order chi connectivity index (χ1) is 15.0. The van der Waals surface area contributed by atoms with E-state index in [9.17, 15) is 39.9 Å². The fourth-order valence-electron chi connectivity index (χ4n) is 3.79. The molecule has 2 heterocycles. The first-order valence-electron chi connectivity index (χ1n) is 9.80. The Morgan fingerprint density at radius 1 is 1.12 bits per heavy atom. The molecule has 2 rings (SSSR count). The van der Waals surface area contributed by atoms with Crippen LogP contribution in [-0.4, -0.2) is 100 Å². The molecule has 0 unspecified atom stereocenters. The molecule has 0 bridgehead atoms. The van der Waals surface area contributed by atoms with Gasteiger partial charge in [0.2, 0.25) is 6.29 Å². The third kappa shape index (κ3) is 5.74. The molecule has 2 aliphatic heterocycles. The number of esters is 2. The number of methoxy groups -OCH3 is 1. The fraction of sp³-hybridized carbons (Fsp3) is 0.737. The van der Waals surface area contributed by atoms with Gasteiger partial charge in [-0.2, -0.15) is 0 Å². The molecule has 0 radical (unpaired) electrons. The largest absolute Gasteiger partial charge is 0.481 e. The zero-order chi connectivity index (χ0) is 24.2. The lowest BCUT2D eigenvalue weighted by Crippen LogP contribution is -2.60. The molecule has 0 aromatic rings. The van der Waals surface area contributed by atoms with E-state index in [0.29, 0.717) is 0 Å². The molecule has 13 nitrogen and oxygen atoms in total. The monoisotopic (exact) mass is 464 g/mol. The summed E-state index contributed by atoms with van der Waals surface area (Å²) in [5.41, 5.74) is -0.132. The summed E-state index contributed by atoms with van der Waals surface area (Å²) in [5.74, 6) is -4.98. The minimum absolute atomic E-state index is 0.132. The van der Waals surface area contributed by atoms with E-state index in [2.05, 4.69) is 4.74 Å². The standard InChI is InChI=1S/C19H28O13/c1-7(30-8(2)21)13-9(4-12(22)23)10(17(27)28-3)6-29-18(13)32-19-16(26)15(25)14(24)11(5-20)31-19/h6-7,9,11,13-16,18-20,24-26H,4-5H2,1-3H3,(H,22,23)/t7-,9+,11+,13-,14+,15-,16+,18-,19-/m0/s1. The SMILES string of the molecule is COC(=O)C1=CO[C@@H](O[C@@H]2O[C@H](CO)[C@@H](O)[C@H](O)[C@H]2O)[C@@H]([C@H](C)OC(C)=O)[C@@H]1CC(=O)O. The van der Waals surface area contributed by atoms with Crippen LogP contribution in [0.3, 0.4) is 0 Å². The number of carbonyl (C=O) groups excluding carboxylic acids is 2. The molecule has 13 heteroatoms. The van der Waals surface area contributed by atoms with Crippen LogP contribution in [-0.2, 0) is 38.1 Å². The van der Waals surface area contributed by atoms with Gasteiger partial charge in [-0.15, -0.1) is 0 Å². The van der Waals surface area contributed by atoms with Gasteiger partial charge in [0, 0.05) is 12.8 Å². The first-order valence-corrected chi connectivity index (χ1v) is 9.80. The van der Waals surface area contributed by atoms with Gasteiger partial charge in [0.1, 0.15) is 30.5 Å². The molecule has 0 aromatic carbocycles. The lowest BCUT2D eigenvalue weighted by atomic mass is 9.78. The van der Waals surface area contributed by atoms with Gasteiger partial charge in [-0.05, 0) is 6.92 Å². The van der Waals surface area contributed by atoms with Crippen LogP contribution in [0.5, 0.6) is 0 Å². The maximum Gasteiger partial charge on any atom is 0.337 e. The second-order valence-electron chi connectivity index (χ2n) is 7.50. The Morgan fingerprint density at radius 3 is 2.31 bits per heavy atom. The van der Waals surface area contributed by atoms with Gasteiger partial charge >= 0.3 is 17.9 Å². The van der Waals surface area contributed by atoms with Crippen LogP contribution in [0.1, 0.15) is 20.3 Å². The van der Waals surface area contributed by atoms with Crippen molar-refractivity contribution in [3.63, 3.8) is 0 Å². The first kappa shape index (κ1) is 26.0. The quantitative estimate of drug-likeness (QED) is 0.244. The number of carboxylic acids is 1. The van der Waals surface area contributed by atoms with Crippen LogP contribution in [0.15, 0.2) is 11.8 Å². The van der Waals surface area contributed by atoms with Crippen LogP contribution >= 0.6 is 0 Å². The zero-order valence-electron chi connectivity index (χ0n) is 17.7. The minimum Gasteiger partial charge on any atom is -0.481 e. The van der Waals surface area contributed by atoms with Gasteiger partial charge in [-0.3, -0.25) is 9.59 Å². The van der Waals surface area contributed by atoms with Gasteiger partial charge < -0.3 is 49.2 Å². The number of hydrogen-bond acceptors (Lipinski definition) is 12. The molecule has 5 N–H and O–H groups in total. The third-order valence-electron chi connectivity index (χ3n) is 5.33. The van der Waals surface area contributed by atoms with Gasteiger partial charge in [0.15, 0.2) is 6.29 Å². The maximum absolute atomic E-state index is 12.2. The van der Waals surface area contributed by atoms with Gasteiger partial charge in [-0.25, -0.2) is 4.79 Å². The highest BCUT2D eigenvalue weighted by Gasteiger charge is 2.50. The van der Waals surface area contributed by atoms with Crippen LogP contribution < -0.4 is 0 Å². The molecule has 0 aliphatic carbocycles. The van der Waals surface area contributed by atoms with Crippen molar-refractivity contribution in [2.24, 2.45) is 11.8 Å². The van der Waals surface area contributed by atoms with Crippen LogP contribution in [0, 0.1) is 11.8 Å². The van der Waals surface area contributed by atoms with Crippen molar-refractivity contribution in [2.45, 2.75) is 63.4 Å². The number of carbonyl (C=O) groups is 3. The molecule has 1 fully saturated rings. The zero-order valence-corrected chi connectivity index (χ0v) is 17.7. The Morgan fingerprint density at radius 2 is 1.78 bits per heavy atom. The van der Waals surface area contributed by atoms with E-state index in [4.69, 9.17) is 18.9 Å². The van der Waals surface area contributed by atoms with E-state index in [1.807, 2.05) is 0 Å². The van der Waals surface area contributed by atoms with Crippen molar-refractivity contribution in [2.75, 3.05) is 13.7 Å². The fourth-order valence-corrected chi connectivity index (χ4v) is 3.79. The van der Waals surface area contributed by atoms with Crippen LogP contribution in [0.25, 0.3) is 0 Å². The van der Waals surface area contributed by atoms with E-state index in [0.717, 1.165) is 20.3 Å². The summed E-state index contributed by atoms with van der Waals surface area (Å²) in [6.45, 7) is 1.88. The molecule has 0 spiro atoms. The molecular weight excluding hydrogens is 436 g/mol. The molecule has 182 valence electrons. The number of ether oxygens (including phenoxy) is 5. The smallest absolute Gasteiger partial charge is 0.337 e. The van der Waals surface area contributed by atoms with E-state index in [-0.39, 0.29) is 5.57 Å². The number of rotatable bonds is 8. The van der Waals surface area contributed by atoms with E-state index in [1.54, 1.807) is 0 Å². The average Bonchev–Trinajstić information content (AvgIpc) is 2.72. The summed E-state index contributed by atoms with van der Waals surface area (Å²) in [5, 5.41) is 48.9. The number of hydrogen-bond donors (Lipinski definition) is 5.